The van der Waals surface area contributed by atoms with Crippen LogP contribution in [0.15, 0.2) is 0 Å². The number of hydrogen-bond donors (Lipinski definition) is 1. The van der Waals surface area contributed by atoms with Crippen LogP contribution in [0, 0.1) is 5.92 Å². The standard InChI is InChI=1S/C14H28N2/c1-3-16-10-6-9-14(11-16)15-12(2)13-7-4-5-8-13/h12-15H,3-11H2,1-2H3. The molecule has 1 N–H and O–H groups in total. The van der Waals surface area contributed by atoms with Crippen molar-refractivity contribution in [2.24, 2.45) is 5.92 Å². The number of piperidine rings is 1. The van der Waals surface area contributed by atoms with Crippen LogP contribution in [0.5, 0.6) is 0 Å². The summed E-state index contributed by atoms with van der Waals surface area (Å²) in [5, 5.41) is 3.88. The summed E-state index contributed by atoms with van der Waals surface area (Å²) >= 11 is 0. The lowest BCUT2D eigenvalue weighted by Crippen LogP contribution is -2.49. The van der Waals surface area contributed by atoms with Crippen molar-refractivity contribution >= 4 is 0 Å². The van der Waals surface area contributed by atoms with Crippen LogP contribution in [-0.2, 0) is 0 Å². The molecule has 16 heavy (non-hydrogen) atoms. The van der Waals surface area contributed by atoms with Crippen molar-refractivity contribution in [3.05, 3.63) is 0 Å². The van der Waals surface area contributed by atoms with E-state index < -0.39 is 0 Å². The smallest absolute Gasteiger partial charge is 0.0198 e. The third-order valence-corrected chi connectivity index (χ3v) is 4.56. The summed E-state index contributed by atoms with van der Waals surface area (Å²) in [6.07, 6.45) is 8.60. The third kappa shape index (κ3) is 3.21. The Morgan fingerprint density at radius 2 is 1.94 bits per heavy atom. The maximum atomic E-state index is 3.88. The predicted octanol–water partition coefficient (Wildman–Crippen LogP) is 2.64. The second-order valence-corrected chi connectivity index (χ2v) is 5.73. The van der Waals surface area contributed by atoms with Gasteiger partial charge in [-0.2, -0.15) is 0 Å². The molecule has 1 heterocycles. The van der Waals surface area contributed by atoms with Crippen LogP contribution in [0.25, 0.3) is 0 Å². The predicted molar refractivity (Wildman–Crippen MR) is 69.7 cm³/mol. The fourth-order valence-electron chi connectivity index (χ4n) is 3.44. The lowest BCUT2D eigenvalue weighted by molar-refractivity contribution is 0.182. The van der Waals surface area contributed by atoms with E-state index in [1.54, 1.807) is 0 Å². The zero-order valence-corrected chi connectivity index (χ0v) is 11.0. The average Bonchev–Trinajstić information content (AvgIpc) is 2.83. The molecule has 0 aromatic rings. The molecule has 2 fully saturated rings. The number of hydrogen-bond acceptors (Lipinski definition) is 2. The number of nitrogens with one attached hydrogen (secondary N) is 1. The first-order chi connectivity index (χ1) is 7.79. The van der Waals surface area contributed by atoms with Gasteiger partial charge in [0, 0.05) is 18.6 Å². The van der Waals surface area contributed by atoms with Crippen LogP contribution < -0.4 is 5.32 Å². The second kappa shape index (κ2) is 6.02. The number of rotatable bonds is 4. The summed E-state index contributed by atoms with van der Waals surface area (Å²) in [6.45, 7) is 8.49. The Labute approximate surface area is 101 Å². The minimum atomic E-state index is 0.740. The van der Waals surface area contributed by atoms with E-state index in [2.05, 4.69) is 24.1 Å². The van der Waals surface area contributed by atoms with Crippen molar-refractivity contribution in [2.45, 2.75) is 64.5 Å². The van der Waals surface area contributed by atoms with Crippen LogP contribution >= 0.6 is 0 Å². The van der Waals surface area contributed by atoms with Gasteiger partial charge in [0.1, 0.15) is 0 Å². The van der Waals surface area contributed by atoms with Gasteiger partial charge in [0.15, 0.2) is 0 Å². The molecule has 0 spiro atoms. The van der Waals surface area contributed by atoms with Crippen molar-refractivity contribution < 1.29 is 0 Å². The zero-order chi connectivity index (χ0) is 11.4. The van der Waals surface area contributed by atoms with Crippen molar-refractivity contribution in [1.82, 2.24) is 10.2 Å². The SMILES string of the molecule is CCN1CCCC(NC(C)C2CCCC2)C1. The highest BCUT2D eigenvalue weighted by molar-refractivity contribution is 4.84. The molecule has 2 unspecified atom stereocenters. The van der Waals surface area contributed by atoms with E-state index >= 15 is 0 Å². The van der Waals surface area contributed by atoms with Gasteiger partial charge in [-0.15, -0.1) is 0 Å². The summed E-state index contributed by atoms with van der Waals surface area (Å²) in [4.78, 5) is 2.59. The van der Waals surface area contributed by atoms with Gasteiger partial charge in [0.2, 0.25) is 0 Å². The monoisotopic (exact) mass is 224 g/mol. The summed E-state index contributed by atoms with van der Waals surface area (Å²) < 4.78 is 0. The van der Waals surface area contributed by atoms with Gasteiger partial charge < -0.3 is 10.2 Å². The van der Waals surface area contributed by atoms with Crippen molar-refractivity contribution in [3.63, 3.8) is 0 Å². The maximum Gasteiger partial charge on any atom is 0.0198 e. The summed E-state index contributed by atoms with van der Waals surface area (Å²) in [5.41, 5.74) is 0. The minimum Gasteiger partial charge on any atom is -0.310 e. The minimum absolute atomic E-state index is 0.740. The van der Waals surface area contributed by atoms with Crippen LogP contribution in [0.3, 0.4) is 0 Å². The Morgan fingerprint density at radius 1 is 1.19 bits per heavy atom. The van der Waals surface area contributed by atoms with Crippen LogP contribution in [-0.4, -0.2) is 36.6 Å². The maximum absolute atomic E-state index is 3.88. The molecule has 2 nitrogen and oxygen atoms in total. The first kappa shape index (κ1) is 12.4. The third-order valence-electron chi connectivity index (χ3n) is 4.56. The molecule has 0 aromatic carbocycles. The molecule has 0 aromatic heterocycles. The number of likely N-dealkylation sites (N-methyl/N-ethyl adjacent to an activating group) is 1. The Hall–Kier alpha value is -0.0800. The Morgan fingerprint density at radius 3 is 2.62 bits per heavy atom. The van der Waals surface area contributed by atoms with E-state index in [9.17, 15) is 0 Å². The Balaban J connectivity index is 1.75. The van der Waals surface area contributed by atoms with Gasteiger partial charge in [0.25, 0.3) is 0 Å². The molecule has 1 aliphatic carbocycles. The molecule has 2 rings (SSSR count). The Kier molecular flexibility index (Phi) is 4.66. The highest BCUT2D eigenvalue weighted by atomic mass is 15.2. The lowest BCUT2D eigenvalue weighted by Gasteiger charge is -2.35. The molecule has 0 amide bonds. The van der Waals surface area contributed by atoms with E-state index in [1.807, 2.05) is 0 Å². The molecule has 94 valence electrons. The quantitative estimate of drug-likeness (QED) is 0.790. The van der Waals surface area contributed by atoms with E-state index in [4.69, 9.17) is 0 Å². The van der Waals surface area contributed by atoms with Crippen molar-refractivity contribution in [1.29, 1.82) is 0 Å². The number of nitrogens with zero attached hydrogens (tertiary/aromatic N) is 1. The van der Waals surface area contributed by atoms with Crippen LogP contribution in [0.4, 0.5) is 0 Å². The molecular weight excluding hydrogens is 196 g/mol. The first-order valence-corrected chi connectivity index (χ1v) is 7.28. The lowest BCUT2D eigenvalue weighted by atomic mass is 9.97. The van der Waals surface area contributed by atoms with Crippen LogP contribution in [0.2, 0.25) is 0 Å². The van der Waals surface area contributed by atoms with Crippen molar-refractivity contribution in [3.8, 4) is 0 Å². The molecule has 1 saturated heterocycles. The highest BCUT2D eigenvalue weighted by Gasteiger charge is 2.25. The van der Waals surface area contributed by atoms with Gasteiger partial charge in [-0.05, 0) is 51.6 Å². The fourth-order valence-corrected chi connectivity index (χ4v) is 3.44. The highest BCUT2D eigenvalue weighted by Crippen LogP contribution is 2.28. The topological polar surface area (TPSA) is 15.3 Å². The summed E-state index contributed by atoms with van der Waals surface area (Å²) in [7, 11) is 0. The molecule has 0 radical (unpaired) electrons. The molecule has 2 atom stereocenters. The Bertz CT molecular complexity index is 199. The van der Waals surface area contributed by atoms with E-state index in [-0.39, 0.29) is 0 Å². The molecule has 2 heteroatoms. The second-order valence-electron chi connectivity index (χ2n) is 5.73. The molecule has 0 bridgehead atoms. The van der Waals surface area contributed by atoms with E-state index in [0.29, 0.717) is 0 Å². The molecular formula is C14H28N2. The summed E-state index contributed by atoms with van der Waals surface area (Å²) in [5.74, 6) is 0.956. The van der Waals surface area contributed by atoms with E-state index in [1.165, 1.54) is 58.2 Å². The van der Waals surface area contributed by atoms with Crippen LogP contribution in [0.1, 0.15) is 52.4 Å². The first-order valence-electron chi connectivity index (χ1n) is 7.28. The van der Waals surface area contributed by atoms with Gasteiger partial charge >= 0.3 is 0 Å². The fraction of sp³-hybridized carbons (Fsp3) is 1.00. The van der Waals surface area contributed by atoms with Gasteiger partial charge in [-0.1, -0.05) is 19.8 Å². The van der Waals surface area contributed by atoms with Gasteiger partial charge in [-0.25, -0.2) is 0 Å². The normalized spacial score (nSPS) is 30.8. The summed E-state index contributed by atoms with van der Waals surface area (Å²) in [6, 6.07) is 1.49. The van der Waals surface area contributed by atoms with Gasteiger partial charge in [-0.3, -0.25) is 0 Å². The molecule has 1 aliphatic heterocycles. The van der Waals surface area contributed by atoms with Crippen molar-refractivity contribution in [2.75, 3.05) is 19.6 Å². The molecule has 2 aliphatic rings. The zero-order valence-electron chi connectivity index (χ0n) is 11.0. The molecule has 1 saturated carbocycles. The largest absolute Gasteiger partial charge is 0.310 e. The number of likely N-dealkylation sites (tertiary alicyclic amines) is 1. The van der Waals surface area contributed by atoms with Gasteiger partial charge in [0.05, 0.1) is 0 Å². The van der Waals surface area contributed by atoms with E-state index in [0.717, 1.165) is 18.0 Å². The average molecular weight is 224 g/mol.